The van der Waals surface area contributed by atoms with Crippen molar-refractivity contribution in [1.29, 1.82) is 0 Å². The zero-order valence-corrected chi connectivity index (χ0v) is 24.5. The van der Waals surface area contributed by atoms with Gasteiger partial charge in [0.25, 0.3) is 0 Å². The summed E-state index contributed by atoms with van der Waals surface area (Å²) in [4.78, 5) is 7.39. The molecule has 0 radical (unpaired) electrons. The molecule has 8 aromatic rings. The maximum absolute atomic E-state index is 6.16. The first-order chi connectivity index (χ1) is 21.8. The van der Waals surface area contributed by atoms with E-state index in [0.29, 0.717) is 0 Å². The Labute approximate surface area is 259 Å². The van der Waals surface area contributed by atoms with Crippen molar-refractivity contribution in [2.24, 2.45) is 0 Å². The summed E-state index contributed by atoms with van der Waals surface area (Å²) >= 11 is 1.74. The summed E-state index contributed by atoms with van der Waals surface area (Å²) < 4.78 is 6.16. The number of rotatable bonds is 3. The van der Waals surface area contributed by atoms with Crippen molar-refractivity contribution in [2.75, 3.05) is 0 Å². The van der Waals surface area contributed by atoms with E-state index < -0.39 is 0 Å². The molecule has 0 saturated carbocycles. The van der Waals surface area contributed by atoms with Crippen LogP contribution in [0.1, 0.15) is 0 Å². The molecule has 0 atom stereocenters. The van der Waals surface area contributed by atoms with Gasteiger partial charge in [0.05, 0.1) is 21.2 Å². The average molecular weight is 580 g/mol. The van der Waals surface area contributed by atoms with Gasteiger partial charge in [0, 0.05) is 11.1 Å². The molecule has 1 aromatic heterocycles. The fourth-order valence-electron chi connectivity index (χ4n) is 6.37. The smallest absolute Gasteiger partial charge is 0.141 e. The van der Waals surface area contributed by atoms with Gasteiger partial charge < -0.3 is 4.74 Å². The number of pyridine rings is 1. The van der Waals surface area contributed by atoms with E-state index in [1.807, 2.05) is 18.2 Å². The predicted molar refractivity (Wildman–Crippen MR) is 184 cm³/mol. The average Bonchev–Trinajstić information content (AvgIpc) is 3.10. The van der Waals surface area contributed by atoms with E-state index >= 15 is 0 Å². The third-order valence-corrected chi connectivity index (χ3v) is 9.61. The highest BCUT2D eigenvalue weighted by atomic mass is 32.2. The SMILES string of the molecule is c1ccc(-c2ccc3c4ccc(-c5cccc(-c6ccc7c(c6)Sc6ccccc6O7)n5)cc4c4ccccc4c3c2)cc1. The first-order valence-corrected chi connectivity index (χ1v) is 15.6. The van der Waals surface area contributed by atoms with E-state index in [0.717, 1.165) is 43.8 Å². The zero-order valence-electron chi connectivity index (χ0n) is 23.7. The Morgan fingerprint density at radius 3 is 1.70 bits per heavy atom. The fourth-order valence-corrected chi connectivity index (χ4v) is 7.36. The van der Waals surface area contributed by atoms with Crippen LogP contribution in [0.25, 0.3) is 66.0 Å². The number of fused-ring (bicyclic) bond motifs is 8. The Bertz CT molecular complexity index is 2380. The standard InChI is InChI=1S/C41H25NOS/c1-2-9-26(10-3-1)27-17-20-32-33-21-18-28(24-35(33)31-12-5-4-11-30(31)34(32)23-27)36-13-8-14-37(42-36)29-19-22-39-41(25-29)44-40-16-7-6-15-38(40)43-39/h1-25H. The number of hydrogen-bond donors (Lipinski definition) is 0. The van der Waals surface area contributed by atoms with Crippen molar-refractivity contribution in [3.8, 4) is 45.1 Å². The number of nitrogens with zero attached hydrogens (tertiary/aromatic N) is 1. The minimum Gasteiger partial charge on any atom is -0.455 e. The summed E-state index contributed by atoms with van der Waals surface area (Å²) in [6.45, 7) is 0. The van der Waals surface area contributed by atoms with Crippen molar-refractivity contribution >= 4 is 44.1 Å². The number of hydrogen-bond acceptors (Lipinski definition) is 3. The normalized spacial score (nSPS) is 12.2. The molecule has 1 aliphatic heterocycles. The van der Waals surface area contributed by atoms with Gasteiger partial charge in [-0.15, -0.1) is 0 Å². The first kappa shape index (κ1) is 25.1. The van der Waals surface area contributed by atoms with Gasteiger partial charge in [-0.3, -0.25) is 0 Å². The van der Waals surface area contributed by atoms with Gasteiger partial charge >= 0.3 is 0 Å². The summed E-state index contributed by atoms with van der Waals surface area (Å²) in [6, 6.07) is 53.8. The lowest BCUT2D eigenvalue weighted by Crippen LogP contribution is -1.95. The van der Waals surface area contributed by atoms with Crippen LogP contribution in [-0.2, 0) is 0 Å². The van der Waals surface area contributed by atoms with Crippen molar-refractivity contribution < 1.29 is 4.74 Å². The quantitative estimate of drug-likeness (QED) is 0.194. The second-order valence-electron chi connectivity index (χ2n) is 11.2. The Balaban J connectivity index is 1.14. The second-order valence-corrected chi connectivity index (χ2v) is 12.2. The van der Waals surface area contributed by atoms with E-state index in [1.54, 1.807) is 11.8 Å². The number of para-hydroxylation sites is 1. The van der Waals surface area contributed by atoms with E-state index in [1.165, 1.54) is 43.4 Å². The maximum atomic E-state index is 6.16. The van der Waals surface area contributed by atoms with Crippen LogP contribution in [-0.4, -0.2) is 4.98 Å². The van der Waals surface area contributed by atoms with Gasteiger partial charge in [0.15, 0.2) is 0 Å². The Morgan fingerprint density at radius 2 is 0.932 bits per heavy atom. The van der Waals surface area contributed by atoms with Crippen LogP contribution in [0.4, 0.5) is 0 Å². The van der Waals surface area contributed by atoms with E-state index in [2.05, 4.69) is 133 Å². The fraction of sp³-hybridized carbons (Fsp3) is 0. The van der Waals surface area contributed by atoms with Crippen molar-refractivity contribution in [2.45, 2.75) is 9.79 Å². The molecule has 2 heterocycles. The second kappa shape index (κ2) is 10.1. The highest BCUT2D eigenvalue weighted by molar-refractivity contribution is 7.99. The van der Waals surface area contributed by atoms with Crippen molar-refractivity contribution in [3.05, 3.63) is 152 Å². The predicted octanol–water partition coefficient (Wildman–Crippen LogP) is 11.8. The minimum absolute atomic E-state index is 0.887. The molecule has 0 amide bonds. The minimum atomic E-state index is 0.887. The Hall–Kier alpha value is -5.38. The van der Waals surface area contributed by atoms with Crippen LogP contribution in [0.3, 0.4) is 0 Å². The molecule has 44 heavy (non-hydrogen) atoms. The molecule has 0 bridgehead atoms. The topological polar surface area (TPSA) is 22.1 Å². The maximum Gasteiger partial charge on any atom is 0.141 e. The van der Waals surface area contributed by atoms with E-state index in [9.17, 15) is 0 Å². The molecule has 9 rings (SSSR count). The zero-order chi connectivity index (χ0) is 29.0. The third-order valence-electron chi connectivity index (χ3n) is 8.52. The summed E-state index contributed by atoms with van der Waals surface area (Å²) in [7, 11) is 0. The third kappa shape index (κ3) is 4.16. The van der Waals surface area contributed by atoms with Crippen LogP contribution in [0.15, 0.2) is 161 Å². The van der Waals surface area contributed by atoms with Crippen molar-refractivity contribution in [1.82, 2.24) is 4.98 Å². The molecule has 7 aromatic carbocycles. The Kier molecular flexibility index (Phi) is 5.78. The first-order valence-electron chi connectivity index (χ1n) is 14.8. The summed E-state index contributed by atoms with van der Waals surface area (Å²) in [5.74, 6) is 1.80. The van der Waals surface area contributed by atoms with Gasteiger partial charge in [-0.25, -0.2) is 4.98 Å². The molecule has 0 fully saturated rings. The molecule has 0 unspecified atom stereocenters. The summed E-state index contributed by atoms with van der Waals surface area (Å²) in [6.07, 6.45) is 0. The van der Waals surface area contributed by atoms with Gasteiger partial charge in [0.2, 0.25) is 0 Å². The van der Waals surface area contributed by atoms with Crippen LogP contribution in [0.5, 0.6) is 11.5 Å². The lowest BCUT2D eigenvalue weighted by atomic mass is 9.91. The molecule has 0 N–H and O–H groups in total. The van der Waals surface area contributed by atoms with Gasteiger partial charge in [0.1, 0.15) is 11.5 Å². The monoisotopic (exact) mass is 579 g/mol. The van der Waals surface area contributed by atoms with E-state index in [-0.39, 0.29) is 0 Å². The molecule has 0 saturated heterocycles. The Morgan fingerprint density at radius 1 is 0.364 bits per heavy atom. The highest BCUT2D eigenvalue weighted by Crippen LogP contribution is 2.48. The molecule has 2 nitrogen and oxygen atoms in total. The molecular weight excluding hydrogens is 555 g/mol. The van der Waals surface area contributed by atoms with Gasteiger partial charge in [-0.05, 0) is 98.0 Å². The lowest BCUT2D eigenvalue weighted by molar-refractivity contribution is 0.454. The van der Waals surface area contributed by atoms with Crippen LogP contribution in [0, 0.1) is 0 Å². The number of aromatic nitrogens is 1. The molecule has 3 heteroatoms. The lowest BCUT2D eigenvalue weighted by Gasteiger charge is -2.20. The molecule has 206 valence electrons. The number of ether oxygens (including phenoxy) is 1. The molecule has 0 aliphatic carbocycles. The number of benzene rings is 7. The molecular formula is C41H25NOS. The van der Waals surface area contributed by atoms with E-state index in [4.69, 9.17) is 9.72 Å². The molecule has 1 aliphatic rings. The summed E-state index contributed by atoms with van der Waals surface area (Å²) in [5.41, 5.74) is 6.55. The van der Waals surface area contributed by atoms with Crippen LogP contribution in [0.2, 0.25) is 0 Å². The largest absolute Gasteiger partial charge is 0.455 e. The highest BCUT2D eigenvalue weighted by Gasteiger charge is 2.18. The van der Waals surface area contributed by atoms with Crippen LogP contribution >= 0.6 is 11.8 Å². The summed E-state index contributed by atoms with van der Waals surface area (Å²) in [5, 5.41) is 7.56. The molecule has 0 spiro atoms. The van der Waals surface area contributed by atoms with Crippen molar-refractivity contribution in [3.63, 3.8) is 0 Å². The van der Waals surface area contributed by atoms with Crippen LogP contribution < -0.4 is 4.74 Å². The van der Waals surface area contributed by atoms with Gasteiger partial charge in [-0.2, -0.15) is 0 Å². The van der Waals surface area contributed by atoms with Gasteiger partial charge in [-0.1, -0.05) is 109 Å².